The van der Waals surface area contributed by atoms with Crippen LogP contribution in [0.2, 0.25) is 0 Å². The summed E-state index contributed by atoms with van der Waals surface area (Å²) in [6.45, 7) is 2.13. The molecule has 0 aliphatic heterocycles. The predicted octanol–water partition coefficient (Wildman–Crippen LogP) is 4.61. The van der Waals surface area contributed by atoms with Crippen LogP contribution in [0.25, 0.3) is 0 Å². The summed E-state index contributed by atoms with van der Waals surface area (Å²) in [7, 11) is 0. The second-order valence-corrected chi connectivity index (χ2v) is 4.48. The topological polar surface area (TPSA) is 35.5 Å². The molecule has 0 aromatic heterocycles. The van der Waals surface area contributed by atoms with Crippen LogP contribution in [0, 0.1) is 0 Å². The smallest absolute Gasteiger partial charge is 0.395 e. The Morgan fingerprint density at radius 3 is 2.40 bits per heavy atom. The van der Waals surface area contributed by atoms with Gasteiger partial charge >= 0.3 is 6.16 Å². The van der Waals surface area contributed by atoms with Gasteiger partial charge in [0, 0.05) is 0 Å². The van der Waals surface area contributed by atoms with Crippen LogP contribution in [-0.4, -0.2) is 6.16 Å². The number of ether oxygens (including phenoxy) is 2. The van der Waals surface area contributed by atoms with Crippen LogP contribution in [0.1, 0.15) is 25.3 Å². The molecule has 0 fully saturated rings. The second kappa shape index (κ2) is 7.34. The van der Waals surface area contributed by atoms with Crippen molar-refractivity contribution in [2.45, 2.75) is 26.2 Å². The maximum atomic E-state index is 11.8. The number of hydrogen-bond donors (Lipinski definition) is 0. The largest absolute Gasteiger partial charge is 0.519 e. The first-order valence-electron chi connectivity index (χ1n) is 6.82. The molecule has 0 amide bonds. The minimum atomic E-state index is -0.708. The zero-order valence-corrected chi connectivity index (χ0v) is 11.5. The molecule has 2 aromatic carbocycles. The Balaban J connectivity index is 2.00. The van der Waals surface area contributed by atoms with E-state index in [1.54, 1.807) is 30.3 Å². The first kappa shape index (κ1) is 14.1. The van der Waals surface area contributed by atoms with Gasteiger partial charge in [0.25, 0.3) is 0 Å². The van der Waals surface area contributed by atoms with Crippen LogP contribution < -0.4 is 9.47 Å². The van der Waals surface area contributed by atoms with Crippen molar-refractivity contribution < 1.29 is 14.3 Å². The average molecular weight is 270 g/mol. The highest BCUT2D eigenvalue weighted by Gasteiger charge is 2.10. The van der Waals surface area contributed by atoms with E-state index in [9.17, 15) is 4.79 Å². The van der Waals surface area contributed by atoms with Gasteiger partial charge in [0.15, 0.2) is 0 Å². The Morgan fingerprint density at radius 1 is 0.950 bits per heavy atom. The minimum absolute atomic E-state index is 0.475. The normalized spacial score (nSPS) is 10.1. The average Bonchev–Trinajstić information content (AvgIpc) is 2.47. The van der Waals surface area contributed by atoms with Crippen molar-refractivity contribution in [3.63, 3.8) is 0 Å². The molecular formula is C17H18O3. The summed E-state index contributed by atoms with van der Waals surface area (Å²) >= 11 is 0. The van der Waals surface area contributed by atoms with Crippen LogP contribution in [0.5, 0.6) is 11.5 Å². The van der Waals surface area contributed by atoms with Gasteiger partial charge in [-0.1, -0.05) is 49.7 Å². The second-order valence-electron chi connectivity index (χ2n) is 4.48. The summed E-state index contributed by atoms with van der Waals surface area (Å²) in [5.41, 5.74) is 1.03. The zero-order valence-electron chi connectivity index (χ0n) is 11.5. The number of benzene rings is 2. The van der Waals surface area contributed by atoms with Crippen molar-refractivity contribution in [1.29, 1.82) is 0 Å². The molecule has 0 aliphatic carbocycles. The van der Waals surface area contributed by atoms with Crippen molar-refractivity contribution in [1.82, 2.24) is 0 Å². The Morgan fingerprint density at radius 2 is 1.65 bits per heavy atom. The number of carbonyl (C=O) groups is 1. The summed E-state index contributed by atoms with van der Waals surface area (Å²) < 4.78 is 10.4. The summed E-state index contributed by atoms with van der Waals surface area (Å²) in [4.78, 5) is 11.8. The minimum Gasteiger partial charge on any atom is -0.395 e. The number of unbranched alkanes of at least 4 members (excludes halogenated alkanes) is 1. The highest BCUT2D eigenvalue weighted by molar-refractivity contribution is 5.67. The van der Waals surface area contributed by atoms with Gasteiger partial charge < -0.3 is 9.47 Å². The van der Waals surface area contributed by atoms with Crippen LogP contribution in [-0.2, 0) is 6.42 Å². The number of para-hydroxylation sites is 2. The van der Waals surface area contributed by atoms with Gasteiger partial charge in [-0.3, -0.25) is 0 Å². The van der Waals surface area contributed by atoms with E-state index < -0.39 is 6.16 Å². The number of aryl methyl sites for hydroxylation is 1. The quantitative estimate of drug-likeness (QED) is 0.588. The van der Waals surface area contributed by atoms with E-state index in [-0.39, 0.29) is 0 Å². The predicted molar refractivity (Wildman–Crippen MR) is 78.1 cm³/mol. The highest BCUT2D eigenvalue weighted by Crippen LogP contribution is 2.21. The van der Waals surface area contributed by atoms with Crippen molar-refractivity contribution in [2.75, 3.05) is 0 Å². The lowest BCUT2D eigenvalue weighted by molar-refractivity contribution is 0.151. The van der Waals surface area contributed by atoms with Crippen LogP contribution in [0.15, 0.2) is 54.6 Å². The summed E-state index contributed by atoms with van der Waals surface area (Å²) in [6, 6.07) is 16.4. The SMILES string of the molecule is CCCCc1ccccc1OC(=O)Oc1ccccc1. The Bertz CT molecular complexity index is 549. The Hall–Kier alpha value is -2.29. The molecule has 0 heterocycles. The third kappa shape index (κ3) is 4.12. The number of carbonyl (C=O) groups excluding carboxylic acids is 1. The molecule has 2 rings (SSSR count). The molecule has 0 N–H and O–H groups in total. The number of hydrogen-bond acceptors (Lipinski definition) is 3. The molecule has 0 unspecified atom stereocenters. The standard InChI is InChI=1S/C17H18O3/c1-2-3-9-14-10-7-8-13-16(14)20-17(18)19-15-11-5-4-6-12-15/h4-8,10-13H,2-3,9H2,1H3. The summed E-state index contributed by atoms with van der Waals surface area (Å²) in [6.07, 6.45) is 2.35. The summed E-state index contributed by atoms with van der Waals surface area (Å²) in [5, 5.41) is 0. The molecule has 0 radical (unpaired) electrons. The molecule has 0 saturated heterocycles. The monoisotopic (exact) mass is 270 g/mol. The Kier molecular flexibility index (Phi) is 5.18. The third-order valence-corrected chi connectivity index (χ3v) is 2.91. The molecule has 104 valence electrons. The van der Waals surface area contributed by atoms with Crippen LogP contribution >= 0.6 is 0 Å². The van der Waals surface area contributed by atoms with Gasteiger partial charge in [-0.25, -0.2) is 4.79 Å². The van der Waals surface area contributed by atoms with E-state index >= 15 is 0 Å². The first-order valence-corrected chi connectivity index (χ1v) is 6.82. The van der Waals surface area contributed by atoms with Gasteiger partial charge in [-0.2, -0.15) is 0 Å². The first-order chi connectivity index (χ1) is 9.79. The van der Waals surface area contributed by atoms with Crippen molar-refractivity contribution in [3.8, 4) is 11.5 Å². The van der Waals surface area contributed by atoms with E-state index in [0.717, 1.165) is 24.8 Å². The molecule has 3 heteroatoms. The van der Waals surface area contributed by atoms with E-state index in [1.807, 2.05) is 24.3 Å². The fourth-order valence-corrected chi connectivity index (χ4v) is 1.87. The molecule has 0 spiro atoms. The van der Waals surface area contributed by atoms with Gasteiger partial charge in [0.05, 0.1) is 0 Å². The fraction of sp³-hybridized carbons (Fsp3) is 0.235. The lowest BCUT2D eigenvalue weighted by Gasteiger charge is -2.09. The van der Waals surface area contributed by atoms with Crippen LogP contribution in [0.3, 0.4) is 0 Å². The molecule has 3 nitrogen and oxygen atoms in total. The van der Waals surface area contributed by atoms with Gasteiger partial charge in [-0.15, -0.1) is 0 Å². The molecule has 2 aromatic rings. The van der Waals surface area contributed by atoms with Crippen LogP contribution in [0.4, 0.5) is 4.79 Å². The fourth-order valence-electron chi connectivity index (χ4n) is 1.87. The molecular weight excluding hydrogens is 252 g/mol. The molecule has 0 atom stereocenters. The molecule has 0 bridgehead atoms. The molecule has 0 saturated carbocycles. The highest BCUT2D eigenvalue weighted by atomic mass is 16.7. The lowest BCUT2D eigenvalue weighted by Crippen LogP contribution is -2.14. The van der Waals surface area contributed by atoms with Gasteiger partial charge in [0.1, 0.15) is 11.5 Å². The summed E-state index contributed by atoms with van der Waals surface area (Å²) in [5.74, 6) is 1.05. The lowest BCUT2D eigenvalue weighted by atomic mass is 10.1. The number of rotatable bonds is 5. The van der Waals surface area contributed by atoms with Gasteiger partial charge in [-0.05, 0) is 36.6 Å². The maximum absolute atomic E-state index is 11.8. The van der Waals surface area contributed by atoms with E-state index in [1.165, 1.54) is 0 Å². The third-order valence-electron chi connectivity index (χ3n) is 2.91. The maximum Gasteiger partial charge on any atom is 0.519 e. The van der Waals surface area contributed by atoms with Crippen molar-refractivity contribution in [2.24, 2.45) is 0 Å². The van der Waals surface area contributed by atoms with E-state index in [0.29, 0.717) is 11.5 Å². The van der Waals surface area contributed by atoms with Crippen molar-refractivity contribution in [3.05, 3.63) is 60.2 Å². The van der Waals surface area contributed by atoms with E-state index in [2.05, 4.69) is 6.92 Å². The van der Waals surface area contributed by atoms with Gasteiger partial charge in [0.2, 0.25) is 0 Å². The molecule has 20 heavy (non-hydrogen) atoms. The Labute approximate surface area is 119 Å². The van der Waals surface area contributed by atoms with Crippen molar-refractivity contribution >= 4 is 6.16 Å². The molecule has 0 aliphatic rings. The zero-order chi connectivity index (χ0) is 14.2. The van der Waals surface area contributed by atoms with E-state index in [4.69, 9.17) is 9.47 Å².